The first-order chi connectivity index (χ1) is 19.1. The van der Waals surface area contributed by atoms with Crippen LogP contribution in [0.3, 0.4) is 0 Å². The number of hydrogen-bond donors (Lipinski definition) is 0. The van der Waals surface area contributed by atoms with Gasteiger partial charge in [0.15, 0.2) is 21.2 Å². The molecule has 0 saturated carbocycles. The number of amides is 1. The molecule has 11 nitrogen and oxygen atoms in total. The molecule has 0 aliphatic carbocycles. The molecule has 0 radical (unpaired) electrons. The molecule has 1 unspecified atom stereocenters. The topological polar surface area (TPSA) is 125 Å². The van der Waals surface area contributed by atoms with Crippen molar-refractivity contribution in [1.82, 2.24) is 34.3 Å². The molecule has 0 N–H and O–H groups in total. The summed E-state index contributed by atoms with van der Waals surface area (Å²) < 4.78 is 61.6. The summed E-state index contributed by atoms with van der Waals surface area (Å²) in [5.74, 6) is -0.450. The maximum atomic E-state index is 13.5. The number of aromatic nitrogens is 6. The standard InChI is InChI=1S/C26H23F2N7O4S/c1-15-19-12-30-21(20-13-31-34-8-3-7-29-25(20)34)11-22(19)35(32-15)23-10-17(4-5-24(23)39-26(27)28)40(37,38)18-6-9-33(14-18)16(2)36/h3-5,7-8,10-13,18,26H,6,9,14H2,1-2H3. The lowest BCUT2D eigenvalue weighted by Crippen LogP contribution is -2.30. The summed E-state index contributed by atoms with van der Waals surface area (Å²) in [6.07, 6.45) is 6.89. The highest BCUT2D eigenvalue weighted by Gasteiger charge is 2.36. The van der Waals surface area contributed by atoms with Gasteiger partial charge in [-0.15, -0.1) is 0 Å². The number of carbonyl (C=O) groups is 1. The molecule has 0 bridgehead atoms. The first-order valence-corrected chi connectivity index (χ1v) is 13.9. The van der Waals surface area contributed by atoms with E-state index in [9.17, 15) is 22.0 Å². The van der Waals surface area contributed by atoms with Crippen molar-refractivity contribution in [3.05, 3.63) is 60.8 Å². The summed E-state index contributed by atoms with van der Waals surface area (Å²) >= 11 is 0. The van der Waals surface area contributed by atoms with Crippen molar-refractivity contribution in [3.8, 4) is 22.7 Å². The smallest absolute Gasteiger partial charge is 0.387 e. The van der Waals surface area contributed by atoms with Gasteiger partial charge in [0.1, 0.15) is 5.69 Å². The second-order valence-corrected chi connectivity index (χ2v) is 11.7. The van der Waals surface area contributed by atoms with Crippen molar-refractivity contribution in [3.63, 3.8) is 0 Å². The third-order valence-electron chi connectivity index (χ3n) is 7.04. The van der Waals surface area contributed by atoms with Crippen molar-refractivity contribution in [2.24, 2.45) is 0 Å². The average Bonchev–Trinajstić information content (AvgIpc) is 3.66. The van der Waals surface area contributed by atoms with E-state index >= 15 is 0 Å². The van der Waals surface area contributed by atoms with E-state index in [1.54, 1.807) is 48.4 Å². The number of pyridine rings is 1. The summed E-state index contributed by atoms with van der Waals surface area (Å²) in [6.45, 7) is 0.372. The molecule has 1 aromatic carbocycles. The zero-order valence-electron chi connectivity index (χ0n) is 21.4. The minimum absolute atomic E-state index is 0.0241. The lowest BCUT2D eigenvalue weighted by Gasteiger charge is -2.17. The van der Waals surface area contributed by atoms with Crippen LogP contribution in [0.25, 0.3) is 33.5 Å². The number of halogens is 2. The first-order valence-electron chi connectivity index (χ1n) is 12.4. The molecule has 6 rings (SSSR count). The van der Waals surface area contributed by atoms with E-state index in [1.807, 2.05) is 0 Å². The Balaban J connectivity index is 1.50. The third kappa shape index (κ3) is 4.33. The van der Waals surface area contributed by atoms with Gasteiger partial charge in [0.2, 0.25) is 5.91 Å². The van der Waals surface area contributed by atoms with Crippen molar-refractivity contribution in [2.45, 2.75) is 37.0 Å². The maximum absolute atomic E-state index is 13.5. The van der Waals surface area contributed by atoms with Crippen LogP contribution in [0.4, 0.5) is 8.78 Å². The Morgan fingerprint density at radius 2 is 2.00 bits per heavy atom. The van der Waals surface area contributed by atoms with Gasteiger partial charge in [-0.05, 0) is 43.7 Å². The Labute approximate surface area is 226 Å². The number of ether oxygens (including phenoxy) is 1. The van der Waals surface area contributed by atoms with Crippen molar-refractivity contribution in [2.75, 3.05) is 13.1 Å². The average molecular weight is 568 g/mol. The van der Waals surface area contributed by atoms with Gasteiger partial charge in [0, 0.05) is 44.0 Å². The molecule has 4 aromatic heterocycles. The SMILES string of the molecule is CC(=O)N1CCC(S(=O)(=O)c2ccc(OC(F)F)c(-n3nc(C)c4cnc(-c5cnn6cccnc56)cc43)c2)C1. The molecular formula is C26H23F2N7O4S. The van der Waals surface area contributed by atoms with E-state index in [-0.39, 0.29) is 35.2 Å². The van der Waals surface area contributed by atoms with E-state index in [2.05, 4.69) is 20.2 Å². The Morgan fingerprint density at radius 3 is 2.75 bits per heavy atom. The Morgan fingerprint density at radius 1 is 1.18 bits per heavy atom. The largest absolute Gasteiger partial charge is 0.433 e. The molecule has 5 heterocycles. The predicted molar refractivity (Wildman–Crippen MR) is 140 cm³/mol. The fourth-order valence-electron chi connectivity index (χ4n) is 4.99. The Bertz CT molecular complexity index is 1890. The number of likely N-dealkylation sites (tertiary alicyclic amines) is 1. The van der Waals surface area contributed by atoms with Gasteiger partial charge in [-0.2, -0.15) is 19.0 Å². The summed E-state index contributed by atoms with van der Waals surface area (Å²) in [5, 5.41) is 8.65. The van der Waals surface area contributed by atoms with E-state index in [0.29, 0.717) is 40.0 Å². The lowest BCUT2D eigenvalue weighted by molar-refractivity contribution is -0.127. The van der Waals surface area contributed by atoms with E-state index in [1.165, 1.54) is 34.7 Å². The highest BCUT2D eigenvalue weighted by molar-refractivity contribution is 7.92. The van der Waals surface area contributed by atoms with E-state index < -0.39 is 21.7 Å². The van der Waals surface area contributed by atoms with Gasteiger partial charge in [-0.1, -0.05) is 0 Å². The minimum Gasteiger partial charge on any atom is -0.433 e. The number of benzene rings is 1. The van der Waals surface area contributed by atoms with Crippen LogP contribution in [0.1, 0.15) is 19.0 Å². The zero-order valence-corrected chi connectivity index (χ0v) is 22.2. The number of hydrogen-bond acceptors (Lipinski definition) is 8. The second kappa shape index (κ2) is 9.62. The van der Waals surface area contributed by atoms with Gasteiger partial charge in [-0.25, -0.2) is 22.6 Å². The van der Waals surface area contributed by atoms with Crippen molar-refractivity contribution < 1.29 is 26.7 Å². The molecule has 1 aliphatic rings. The predicted octanol–water partition coefficient (Wildman–Crippen LogP) is 3.43. The molecule has 1 fully saturated rings. The molecule has 40 heavy (non-hydrogen) atoms. The molecule has 1 atom stereocenters. The second-order valence-electron chi connectivity index (χ2n) is 9.46. The minimum atomic E-state index is -3.90. The molecule has 1 amide bonds. The molecule has 1 saturated heterocycles. The number of nitrogens with zero attached hydrogens (tertiary/aromatic N) is 7. The van der Waals surface area contributed by atoms with Gasteiger partial charge in [0.05, 0.1) is 38.8 Å². The van der Waals surface area contributed by atoms with E-state index in [4.69, 9.17) is 4.74 Å². The van der Waals surface area contributed by atoms with Crippen LogP contribution in [-0.4, -0.2) is 73.5 Å². The van der Waals surface area contributed by atoms with Crippen LogP contribution in [-0.2, 0) is 14.6 Å². The van der Waals surface area contributed by atoms with Crippen molar-refractivity contribution in [1.29, 1.82) is 0 Å². The van der Waals surface area contributed by atoms with Crippen LogP contribution in [0.5, 0.6) is 5.75 Å². The molecule has 0 spiro atoms. The number of fused-ring (bicyclic) bond motifs is 2. The lowest BCUT2D eigenvalue weighted by atomic mass is 10.1. The third-order valence-corrected chi connectivity index (χ3v) is 9.21. The Hall–Kier alpha value is -4.46. The summed E-state index contributed by atoms with van der Waals surface area (Å²) in [7, 11) is -3.90. The highest BCUT2D eigenvalue weighted by atomic mass is 32.2. The number of alkyl halides is 2. The number of aryl methyl sites for hydroxylation is 1. The quantitative estimate of drug-likeness (QED) is 0.306. The molecule has 206 valence electrons. The fourth-order valence-corrected chi connectivity index (χ4v) is 6.70. The van der Waals surface area contributed by atoms with E-state index in [0.717, 1.165) is 0 Å². The Kier molecular flexibility index (Phi) is 6.21. The fraction of sp³-hybridized carbons (Fsp3) is 0.269. The maximum Gasteiger partial charge on any atom is 0.387 e. The molecule has 5 aromatic rings. The summed E-state index contributed by atoms with van der Waals surface area (Å²) in [5.41, 5.74) is 2.80. The van der Waals surface area contributed by atoms with Crippen LogP contribution in [0, 0.1) is 6.92 Å². The molecule has 14 heteroatoms. The van der Waals surface area contributed by atoms with Gasteiger partial charge in [-0.3, -0.25) is 9.78 Å². The zero-order chi connectivity index (χ0) is 28.2. The summed E-state index contributed by atoms with van der Waals surface area (Å²) in [4.78, 5) is 22.1. The number of carbonyl (C=O) groups excluding carboxylic acids is 1. The highest BCUT2D eigenvalue weighted by Crippen LogP contribution is 2.34. The van der Waals surface area contributed by atoms with Crippen LogP contribution < -0.4 is 4.74 Å². The summed E-state index contributed by atoms with van der Waals surface area (Å²) in [6, 6.07) is 7.19. The molecule has 1 aliphatic heterocycles. The van der Waals surface area contributed by atoms with Crippen LogP contribution in [0.2, 0.25) is 0 Å². The first kappa shape index (κ1) is 25.8. The van der Waals surface area contributed by atoms with Crippen LogP contribution >= 0.6 is 0 Å². The normalized spacial score (nSPS) is 15.9. The van der Waals surface area contributed by atoms with Crippen LogP contribution in [0.15, 0.2) is 60.0 Å². The monoisotopic (exact) mass is 567 g/mol. The number of sulfone groups is 1. The van der Waals surface area contributed by atoms with Crippen molar-refractivity contribution >= 4 is 32.3 Å². The number of rotatable bonds is 6. The van der Waals surface area contributed by atoms with Gasteiger partial charge < -0.3 is 9.64 Å². The van der Waals surface area contributed by atoms with Gasteiger partial charge >= 0.3 is 6.61 Å². The van der Waals surface area contributed by atoms with Gasteiger partial charge in [0.25, 0.3) is 0 Å². The molecular weight excluding hydrogens is 544 g/mol.